The molecule has 0 aliphatic heterocycles. The Bertz CT molecular complexity index is 975. The largest absolute Gasteiger partial charge is 0.383 e. The van der Waals surface area contributed by atoms with E-state index in [-0.39, 0.29) is 11.6 Å². The highest BCUT2D eigenvalue weighted by Crippen LogP contribution is 2.26. The van der Waals surface area contributed by atoms with Crippen LogP contribution in [0.3, 0.4) is 0 Å². The molecule has 1 atom stereocenters. The van der Waals surface area contributed by atoms with E-state index in [2.05, 4.69) is 35.8 Å². The molecule has 1 unspecified atom stereocenters. The summed E-state index contributed by atoms with van der Waals surface area (Å²) >= 11 is 6.11. The zero-order valence-electron chi connectivity index (χ0n) is 16.9. The first-order chi connectivity index (χ1) is 14.0. The molecule has 1 aliphatic carbocycles. The molecule has 4 nitrogen and oxygen atoms in total. The molecule has 2 N–H and O–H groups in total. The van der Waals surface area contributed by atoms with E-state index in [1.54, 1.807) is 12.1 Å². The summed E-state index contributed by atoms with van der Waals surface area (Å²) in [5.74, 6) is -0.458. The van der Waals surface area contributed by atoms with Gasteiger partial charge < -0.3 is 10.6 Å². The number of nitrogens with one attached hydrogen (secondary N) is 2. The third-order valence-electron chi connectivity index (χ3n) is 5.41. The van der Waals surface area contributed by atoms with Crippen LogP contribution in [0.5, 0.6) is 0 Å². The van der Waals surface area contributed by atoms with Crippen LogP contribution < -0.4 is 10.6 Å². The Hall–Kier alpha value is -2.77. The van der Waals surface area contributed by atoms with E-state index in [4.69, 9.17) is 11.6 Å². The molecule has 0 aromatic heterocycles. The summed E-state index contributed by atoms with van der Waals surface area (Å²) in [5, 5.41) is 16.0. The van der Waals surface area contributed by atoms with E-state index in [9.17, 15) is 10.1 Å². The van der Waals surface area contributed by atoms with Gasteiger partial charge in [0, 0.05) is 16.9 Å². The first-order valence-electron chi connectivity index (χ1n) is 10.1. The molecule has 150 valence electrons. The Morgan fingerprint density at radius 2 is 1.97 bits per heavy atom. The van der Waals surface area contributed by atoms with Gasteiger partial charge in [0.05, 0.1) is 6.04 Å². The number of benzene rings is 2. The monoisotopic (exact) mass is 407 g/mol. The zero-order chi connectivity index (χ0) is 20.8. The summed E-state index contributed by atoms with van der Waals surface area (Å²) in [4.78, 5) is 12.5. The third kappa shape index (κ3) is 5.19. The van der Waals surface area contributed by atoms with Crippen LogP contribution in [0, 0.1) is 18.3 Å². The number of amides is 1. The number of anilines is 1. The molecule has 0 heterocycles. The molecule has 3 rings (SSSR count). The number of rotatable bonds is 6. The second kappa shape index (κ2) is 9.62. The fourth-order valence-corrected chi connectivity index (χ4v) is 3.80. The quantitative estimate of drug-likeness (QED) is 0.482. The molecule has 29 heavy (non-hydrogen) atoms. The summed E-state index contributed by atoms with van der Waals surface area (Å²) < 4.78 is 0. The topological polar surface area (TPSA) is 64.9 Å². The Balaban J connectivity index is 1.71. The first kappa shape index (κ1) is 21.0. The van der Waals surface area contributed by atoms with Crippen molar-refractivity contribution in [2.45, 2.75) is 52.0 Å². The molecule has 0 bridgehead atoms. The van der Waals surface area contributed by atoms with Crippen molar-refractivity contribution in [2.24, 2.45) is 0 Å². The van der Waals surface area contributed by atoms with Crippen LogP contribution >= 0.6 is 11.6 Å². The summed E-state index contributed by atoms with van der Waals surface area (Å²) in [6.45, 7) is 3.98. The number of nitriles is 1. The van der Waals surface area contributed by atoms with Crippen molar-refractivity contribution in [1.82, 2.24) is 5.32 Å². The van der Waals surface area contributed by atoms with Gasteiger partial charge in [0.1, 0.15) is 11.6 Å². The summed E-state index contributed by atoms with van der Waals surface area (Å²) in [5.41, 5.74) is 5.57. The number of fused-ring (bicyclic) bond motifs is 1. The van der Waals surface area contributed by atoms with Gasteiger partial charge in [0.15, 0.2) is 0 Å². The average molecular weight is 408 g/mol. The maximum absolute atomic E-state index is 12.5. The zero-order valence-corrected chi connectivity index (χ0v) is 17.6. The first-order valence-corrected chi connectivity index (χ1v) is 10.4. The lowest BCUT2D eigenvalue weighted by Gasteiger charge is -2.21. The molecule has 0 saturated carbocycles. The maximum atomic E-state index is 12.5. The van der Waals surface area contributed by atoms with Gasteiger partial charge in [-0.15, -0.1) is 0 Å². The highest BCUT2D eigenvalue weighted by molar-refractivity contribution is 6.31. The van der Waals surface area contributed by atoms with E-state index in [0.29, 0.717) is 10.7 Å². The second-order valence-corrected chi connectivity index (χ2v) is 7.86. The van der Waals surface area contributed by atoms with Crippen LogP contribution in [-0.4, -0.2) is 5.91 Å². The Morgan fingerprint density at radius 3 is 2.66 bits per heavy atom. The fraction of sp³-hybridized carbons (Fsp3) is 0.333. The summed E-state index contributed by atoms with van der Waals surface area (Å²) in [6, 6.07) is 13.9. The smallest absolute Gasteiger partial charge is 0.267 e. The van der Waals surface area contributed by atoms with Crippen LogP contribution in [0.1, 0.15) is 54.5 Å². The minimum atomic E-state index is -0.458. The maximum Gasteiger partial charge on any atom is 0.267 e. The van der Waals surface area contributed by atoms with Crippen LogP contribution in [-0.2, 0) is 17.6 Å². The standard InChI is InChI=1S/C24H26ClN3O/c1-3-23(19-10-9-17-6-4-5-7-18(17)12-19)27-15-20(14-26)24(29)28-21-11-8-16(2)22(25)13-21/h8-13,15,23,27H,3-7H2,1-2H3,(H,28,29)/b20-15-. The van der Waals surface area contributed by atoms with E-state index in [1.807, 2.05) is 19.1 Å². The average Bonchev–Trinajstić information content (AvgIpc) is 2.73. The van der Waals surface area contributed by atoms with Gasteiger partial charge in [-0.1, -0.05) is 42.8 Å². The van der Waals surface area contributed by atoms with Crippen molar-refractivity contribution in [3.8, 4) is 6.07 Å². The number of halogens is 1. The molecule has 5 heteroatoms. The van der Waals surface area contributed by atoms with E-state index < -0.39 is 5.91 Å². The van der Waals surface area contributed by atoms with Crippen LogP contribution in [0.25, 0.3) is 0 Å². The lowest BCUT2D eigenvalue weighted by Crippen LogP contribution is -2.20. The lowest BCUT2D eigenvalue weighted by molar-refractivity contribution is -0.112. The predicted molar refractivity (Wildman–Crippen MR) is 118 cm³/mol. The molecule has 0 saturated heterocycles. The van der Waals surface area contributed by atoms with E-state index >= 15 is 0 Å². The highest BCUT2D eigenvalue weighted by Gasteiger charge is 2.15. The summed E-state index contributed by atoms with van der Waals surface area (Å²) in [6.07, 6.45) is 7.14. The number of aryl methyl sites for hydroxylation is 3. The Kier molecular flexibility index (Phi) is 6.95. The third-order valence-corrected chi connectivity index (χ3v) is 5.81. The number of hydrogen-bond acceptors (Lipinski definition) is 3. The van der Waals surface area contributed by atoms with Gasteiger partial charge in [-0.05, 0) is 73.4 Å². The normalized spacial score (nSPS) is 14.5. The second-order valence-electron chi connectivity index (χ2n) is 7.45. The van der Waals surface area contributed by atoms with E-state index in [0.717, 1.165) is 24.8 Å². The minimum Gasteiger partial charge on any atom is -0.383 e. The molecule has 0 radical (unpaired) electrons. The fourth-order valence-electron chi connectivity index (χ4n) is 3.62. The molecule has 2 aromatic rings. The molecule has 1 amide bonds. The van der Waals surface area contributed by atoms with Gasteiger partial charge in [-0.2, -0.15) is 5.26 Å². The van der Waals surface area contributed by atoms with Gasteiger partial charge in [0.25, 0.3) is 5.91 Å². The van der Waals surface area contributed by atoms with Gasteiger partial charge in [-0.25, -0.2) is 0 Å². The van der Waals surface area contributed by atoms with Crippen molar-refractivity contribution in [1.29, 1.82) is 5.26 Å². The molecule has 1 aliphatic rings. The predicted octanol–water partition coefficient (Wildman–Crippen LogP) is 5.61. The number of carbonyl (C=O) groups excluding carboxylic acids is 1. The van der Waals surface area contributed by atoms with Crippen molar-refractivity contribution >= 4 is 23.2 Å². The van der Waals surface area contributed by atoms with Gasteiger partial charge in [-0.3, -0.25) is 4.79 Å². The molecule has 0 fully saturated rings. The van der Waals surface area contributed by atoms with Gasteiger partial charge in [0.2, 0.25) is 0 Å². The van der Waals surface area contributed by atoms with Gasteiger partial charge >= 0.3 is 0 Å². The SMILES string of the molecule is CCC(N/C=C(/C#N)C(=O)Nc1ccc(C)c(Cl)c1)c1ccc2c(c1)CCCC2. The Labute approximate surface area is 177 Å². The molecule has 2 aromatic carbocycles. The van der Waals surface area contributed by atoms with Crippen molar-refractivity contribution in [3.63, 3.8) is 0 Å². The molecule has 0 spiro atoms. The Morgan fingerprint density at radius 1 is 1.21 bits per heavy atom. The molecular formula is C24H26ClN3O. The van der Waals surface area contributed by atoms with Crippen molar-refractivity contribution in [3.05, 3.63) is 75.4 Å². The number of carbonyl (C=O) groups is 1. The van der Waals surface area contributed by atoms with E-state index in [1.165, 1.54) is 35.7 Å². The minimum absolute atomic E-state index is 0.0260. The molecular weight excluding hydrogens is 382 g/mol. The van der Waals surface area contributed by atoms with Crippen LogP contribution in [0.2, 0.25) is 5.02 Å². The summed E-state index contributed by atoms with van der Waals surface area (Å²) in [7, 11) is 0. The van der Waals surface area contributed by atoms with Crippen LogP contribution in [0.4, 0.5) is 5.69 Å². The number of hydrogen-bond donors (Lipinski definition) is 2. The highest BCUT2D eigenvalue weighted by atomic mass is 35.5. The number of nitrogens with zero attached hydrogens (tertiary/aromatic N) is 1. The van der Waals surface area contributed by atoms with Crippen molar-refractivity contribution in [2.75, 3.05) is 5.32 Å². The lowest BCUT2D eigenvalue weighted by atomic mass is 9.89. The van der Waals surface area contributed by atoms with Crippen LogP contribution in [0.15, 0.2) is 48.2 Å². The van der Waals surface area contributed by atoms with Crippen molar-refractivity contribution < 1.29 is 4.79 Å².